The highest BCUT2D eigenvalue weighted by Gasteiger charge is 2.19. The van der Waals surface area contributed by atoms with Crippen molar-refractivity contribution in [1.82, 2.24) is 0 Å². The van der Waals surface area contributed by atoms with Gasteiger partial charge in [0.05, 0.1) is 0 Å². The van der Waals surface area contributed by atoms with Gasteiger partial charge in [-0.25, -0.2) is 0 Å². The van der Waals surface area contributed by atoms with Gasteiger partial charge in [0.25, 0.3) is 0 Å². The number of benzene rings is 2. The van der Waals surface area contributed by atoms with Crippen LogP contribution in [0.3, 0.4) is 0 Å². The summed E-state index contributed by atoms with van der Waals surface area (Å²) < 4.78 is 4.94. The van der Waals surface area contributed by atoms with Gasteiger partial charge in [-0.3, -0.25) is 9.59 Å². The molecule has 0 unspecified atom stereocenters. The van der Waals surface area contributed by atoms with E-state index in [0.717, 1.165) is 24.3 Å². The molecular weight excluding hydrogens is 360 g/mol. The number of phenolic OH excluding ortho intramolecular Hbond substituents is 6. The van der Waals surface area contributed by atoms with E-state index in [9.17, 15) is 40.2 Å². The molecule has 0 atom stereocenters. The molecule has 0 spiro atoms. The van der Waals surface area contributed by atoms with Crippen LogP contribution < -0.4 is 0 Å². The first-order valence-electron chi connectivity index (χ1n) is 7.34. The van der Waals surface area contributed by atoms with Crippen LogP contribution in [0.15, 0.2) is 24.3 Å². The molecule has 2 aromatic carbocycles. The Kier molecular flexibility index (Phi) is 5.75. The van der Waals surface area contributed by atoms with Crippen LogP contribution in [0, 0.1) is 11.8 Å². The predicted octanol–water partition coefficient (Wildman–Crippen LogP) is 0.740. The van der Waals surface area contributed by atoms with E-state index >= 15 is 0 Å². The summed E-state index contributed by atoms with van der Waals surface area (Å²) in [6, 6.07) is 3.89. The summed E-state index contributed by atoms with van der Waals surface area (Å²) in [7, 11) is 0. The molecule has 0 aliphatic rings. The third kappa shape index (κ3) is 4.59. The fraction of sp³-hybridized carbons (Fsp3) is 0.111. The van der Waals surface area contributed by atoms with Crippen LogP contribution in [0.4, 0.5) is 0 Å². The molecule has 140 valence electrons. The Balaban J connectivity index is 1.93. The second-order valence-electron chi connectivity index (χ2n) is 5.27. The van der Waals surface area contributed by atoms with Crippen molar-refractivity contribution in [2.45, 2.75) is 0 Å². The molecule has 2 aromatic rings. The van der Waals surface area contributed by atoms with E-state index in [2.05, 4.69) is 11.8 Å². The lowest BCUT2D eigenvalue weighted by Gasteiger charge is -2.04. The van der Waals surface area contributed by atoms with Gasteiger partial charge in [-0.15, -0.1) is 0 Å². The number of hydrogen-bond donors (Lipinski definition) is 6. The molecule has 0 radical (unpaired) electrons. The number of Topliss-reactive ketones (excluding diaryl/α,β-unsaturated/α-hetero) is 2. The Labute approximate surface area is 152 Å². The molecule has 0 heterocycles. The first-order valence-corrected chi connectivity index (χ1v) is 7.34. The molecule has 0 bridgehead atoms. The summed E-state index contributed by atoms with van der Waals surface area (Å²) >= 11 is 0. The van der Waals surface area contributed by atoms with E-state index in [1.165, 1.54) is 0 Å². The van der Waals surface area contributed by atoms with Crippen molar-refractivity contribution in [2.24, 2.45) is 0 Å². The van der Waals surface area contributed by atoms with E-state index in [0.29, 0.717) is 0 Å². The highest BCUT2D eigenvalue weighted by Crippen LogP contribution is 2.36. The maximum Gasteiger partial charge on any atom is 0.231 e. The molecule has 0 amide bonds. The number of carbonyl (C=O) groups excluding carboxylic acids is 2. The lowest BCUT2D eigenvalue weighted by atomic mass is 10.1. The highest BCUT2D eigenvalue weighted by atomic mass is 16.5. The van der Waals surface area contributed by atoms with Gasteiger partial charge >= 0.3 is 0 Å². The summed E-state index contributed by atoms with van der Waals surface area (Å²) in [6.45, 7) is -0.879. The van der Waals surface area contributed by atoms with Crippen molar-refractivity contribution < 1.29 is 45.0 Å². The van der Waals surface area contributed by atoms with Crippen LogP contribution in [0.1, 0.15) is 15.9 Å². The number of carbonyl (C=O) groups is 2. The minimum Gasteiger partial charge on any atom is -0.504 e. The lowest BCUT2D eigenvalue weighted by molar-refractivity contribution is -0.118. The van der Waals surface area contributed by atoms with Crippen molar-refractivity contribution >= 4 is 11.6 Å². The first kappa shape index (κ1) is 19.4. The van der Waals surface area contributed by atoms with Crippen LogP contribution in [0.2, 0.25) is 0 Å². The minimum atomic E-state index is -1.04. The molecular formula is C18H14O9. The van der Waals surface area contributed by atoms with Crippen molar-refractivity contribution in [3.8, 4) is 46.3 Å². The van der Waals surface area contributed by atoms with Crippen LogP contribution in [-0.4, -0.2) is 55.4 Å². The molecule has 6 N–H and O–H groups in total. The maximum absolute atomic E-state index is 11.9. The Morgan fingerprint density at radius 3 is 1.81 bits per heavy atom. The molecule has 9 heteroatoms. The molecule has 9 nitrogen and oxygen atoms in total. The summed E-state index contributed by atoms with van der Waals surface area (Å²) in [5.74, 6) is -1.11. The van der Waals surface area contributed by atoms with E-state index in [4.69, 9.17) is 4.74 Å². The van der Waals surface area contributed by atoms with E-state index in [1.807, 2.05) is 0 Å². The molecule has 0 fully saturated rings. The summed E-state index contributed by atoms with van der Waals surface area (Å²) in [5, 5.41) is 55.8. The molecule has 2 rings (SSSR count). The number of hydrogen-bond acceptors (Lipinski definition) is 9. The number of phenols is 6. The van der Waals surface area contributed by atoms with Gasteiger partial charge in [-0.1, -0.05) is 11.8 Å². The maximum atomic E-state index is 11.9. The SMILES string of the molecule is O=C(COCC#Cc1cc(O)c(O)c(O)c1)C(=O)c1cc(O)c(O)c(O)c1. The molecule has 0 aliphatic carbocycles. The smallest absolute Gasteiger partial charge is 0.231 e. The normalized spacial score (nSPS) is 10.1. The van der Waals surface area contributed by atoms with Gasteiger partial charge in [-0.2, -0.15) is 0 Å². The third-order valence-electron chi connectivity index (χ3n) is 3.29. The average Bonchev–Trinajstić information content (AvgIpc) is 2.62. The largest absolute Gasteiger partial charge is 0.504 e. The topological polar surface area (TPSA) is 165 Å². The zero-order valence-electron chi connectivity index (χ0n) is 13.6. The third-order valence-corrected chi connectivity index (χ3v) is 3.29. The van der Waals surface area contributed by atoms with Gasteiger partial charge in [0, 0.05) is 11.1 Å². The quantitative estimate of drug-likeness (QED) is 0.145. The number of ether oxygens (including phenoxy) is 1. The van der Waals surface area contributed by atoms with Crippen LogP contribution in [-0.2, 0) is 9.53 Å². The standard InChI is InChI=1S/C18H14O9/c19-11-4-9(5-12(20)17(11)25)2-1-3-27-8-15(23)16(24)10-6-13(21)18(26)14(22)7-10/h4-7,19-22,25-26H,3,8H2. The Bertz CT molecular complexity index is 921. The van der Waals surface area contributed by atoms with Gasteiger partial charge in [0.2, 0.25) is 11.6 Å². The highest BCUT2D eigenvalue weighted by molar-refractivity contribution is 6.44. The molecule has 0 saturated carbocycles. The second kappa shape index (κ2) is 7.99. The Morgan fingerprint density at radius 1 is 0.815 bits per heavy atom. The zero-order chi connectivity index (χ0) is 20.1. The Hall–Kier alpha value is -3.90. The first-order chi connectivity index (χ1) is 12.7. The van der Waals surface area contributed by atoms with Crippen molar-refractivity contribution in [2.75, 3.05) is 13.2 Å². The van der Waals surface area contributed by atoms with Crippen LogP contribution in [0.25, 0.3) is 0 Å². The summed E-state index contributed by atoms with van der Waals surface area (Å²) in [4.78, 5) is 23.7. The van der Waals surface area contributed by atoms with E-state index in [1.54, 1.807) is 0 Å². The van der Waals surface area contributed by atoms with E-state index < -0.39 is 52.7 Å². The van der Waals surface area contributed by atoms with Crippen molar-refractivity contribution in [3.05, 3.63) is 35.4 Å². The Morgan fingerprint density at radius 2 is 1.30 bits per heavy atom. The fourth-order valence-electron chi connectivity index (χ4n) is 1.97. The van der Waals surface area contributed by atoms with Crippen LogP contribution in [0.5, 0.6) is 34.5 Å². The van der Waals surface area contributed by atoms with Crippen molar-refractivity contribution in [1.29, 1.82) is 0 Å². The minimum absolute atomic E-state index is 0.184. The van der Waals surface area contributed by atoms with Gasteiger partial charge in [-0.05, 0) is 24.3 Å². The molecule has 0 saturated heterocycles. The lowest BCUT2D eigenvalue weighted by Crippen LogP contribution is -2.20. The molecule has 27 heavy (non-hydrogen) atoms. The number of rotatable bonds is 5. The molecule has 0 aromatic heterocycles. The second-order valence-corrected chi connectivity index (χ2v) is 5.27. The van der Waals surface area contributed by atoms with Gasteiger partial charge < -0.3 is 35.4 Å². The van der Waals surface area contributed by atoms with Crippen LogP contribution >= 0.6 is 0 Å². The monoisotopic (exact) mass is 374 g/mol. The van der Waals surface area contributed by atoms with Crippen molar-refractivity contribution in [3.63, 3.8) is 0 Å². The number of aromatic hydroxyl groups is 6. The van der Waals surface area contributed by atoms with E-state index in [-0.39, 0.29) is 17.7 Å². The summed E-state index contributed by atoms with van der Waals surface area (Å²) in [5.41, 5.74) is -0.138. The van der Waals surface area contributed by atoms with Gasteiger partial charge in [0.15, 0.2) is 34.5 Å². The fourth-order valence-corrected chi connectivity index (χ4v) is 1.97. The predicted molar refractivity (Wildman–Crippen MR) is 89.9 cm³/mol. The molecule has 0 aliphatic heterocycles. The average molecular weight is 374 g/mol. The zero-order valence-corrected chi connectivity index (χ0v) is 13.6. The number of ketones is 2. The summed E-state index contributed by atoms with van der Waals surface area (Å²) in [6.07, 6.45) is 0. The van der Waals surface area contributed by atoms with Gasteiger partial charge in [0.1, 0.15) is 13.2 Å².